The molecule has 0 saturated carbocycles. The molecule has 0 aromatic heterocycles. The molecule has 2 N–H and O–H groups in total. The van der Waals surface area contributed by atoms with Crippen LogP contribution < -0.4 is 5.73 Å². The van der Waals surface area contributed by atoms with Crippen molar-refractivity contribution in [1.82, 2.24) is 4.31 Å². The number of nitrogens with two attached hydrogens (primary N) is 1. The van der Waals surface area contributed by atoms with Crippen molar-refractivity contribution in [2.75, 3.05) is 25.9 Å². The largest absolute Gasteiger partial charge is 0.397 e. The third-order valence-electron chi connectivity index (χ3n) is 3.88. The zero-order valence-electron chi connectivity index (χ0n) is 12.2. The van der Waals surface area contributed by atoms with Gasteiger partial charge in [0.05, 0.1) is 11.8 Å². The Morgan fingerprint density at radius 1 is 1.30 bits per heavy atom. The fourth-order valence-corrected chi connectivity index (χ4v) is 4.50. The van der Waals surface area contributed by atoms with Crippen LogP contribution in [0.3, 0.4) is 0 Å². The maximum absolute atomic E-state index is 12.8. The Morgan fingerprint density at radius 3 is 2.60 bits per heavy atom. The summed E-state index contributed by atoms with van der Waals surface area (Å²) in [5, 5.41) is 0. The van der Waals surface area contributed by atoms with E-state index in [1.54, 1.807) is 20.1 Å². The van der Waals surface area contributed by atoms with Crippen LogP contribution in [0.15, 0.2) is 17.0 Å². The van der Waals surface area contributed by atoms with Crippen LogP contribution in [0.2, 0.25) is 0 Å². The summed E-state index contributed by atoms with van der Waals surface area (Å²) < 4.78 is 32.5. The van der Waals surface area contributed by atoms with Crippen molar-refractivity contribution in [2.45, 2.75) is 37.7 Å². The molecular weight excluding hydrogens is 276 g/mol. The number of hydrogen-bond donors (Lipinski definition) is 1. The number of anilines is 1. The normalized spacial score (nSPS) is 21.1. The predicted molar refractivity (Wildman–Crippen MR) is 79.1 cm³/mol. The van der Waals surface area contributed by atoms with E-state index in [4.69, 9.17) is 10.5 Å². The lowest BCUT2D eigenvalue weighted by molar-refractivity contribution is 0.0572. The van der Waals surface area contributed by atoms with E-state index in [0.717, 1.165) is 18.4 Å². The molecule has 1 aromatic rings. The first kappa shape index (κ1) is 15.3. The summed E-state index contributed by atoms with van der Waals surface area (Å²) in [6.45, 7) is 4.52. The summed E-state index contributed by atoms with van der Waals surface area (Å²) in [6.07, 6.45) is 1.66. The monoisotopic (exact) mass is 298 g/mol. The molecule has 0 aliphatic carbocycles. The van der Waals surface area contributed by atoms with Gasteiger partial charge in [-0.05, 0) is 37.8 Å². The maximum atomic E-state index is 12.8. The van der Waals surface area contributed by atoms with E-state index in [2.05, 4.69) is 0 Å². The number of nitrogen functional groups attached to an aromatic ring is 1. The van der Waals surface area contributed by atoms with Crippen molar-refractivity contribution < 1.29 is 13.2 Å². The van der Waals surface area contributed by atoms with Gasteiger partial charge in [-0.2, -0.15) is 4.31 Å². The van der Waals surface area contributed by atoms with Crippen molar-refractivity contribution in [3.8, 4) is 0 Å². The topological polar surface area (TPSA) is 72.6 Å². The first-order chi connectivity index (χ1) is 9.37. The van der Waals surface area contributed by atoms with E-state index in [0.29, 0.717) is 24.3 Å². The molecule has 1 heterocycles. The summed E-state index contributed by atoms with van der Waals surface area (Å²) in [5.41, 5.74) is 7.83. The summed E-state index contributed by atoms with van der Waals surface area (Å²) >= 11 is 0. The number of sulfonamides is 1. The van der Waals surface area contributed by atoms with Crippen LogP contribution in [0.1, 0.15) is 24.0 Å². The van der Waals surface area contributed by atoms with Crippen molar-refractivity contribution in [3.63, 3.8) is 0 Å². The number of methoxy groups -OCH3 is 1. The van der Waals surface area contributed by atoms with Crippen LogP contribution in [0.5, 0.6) is 0 Å². The highest BCUT2D eigenvalue weighted by Crippen LogP contribution is 2.30. The van der Waals surface area contributed by atoms with Gasteiger partial charge in [-0.1, -0.05) is 12.1 Å². The summed E-state index contributed by atoms with van der Waals surface area (Å²) in [4.78, 5) is 0.245. The molecule has 112 valence electrons. The molecule has 1 aromatic carbocycles. The minimum Gasteiger partial charge on any atom is -0.397 e. The van der Waals surface area contributed by atoms with Crippen molar-refractivity contribution in [3.05, 3.63) is 23.3 Å². The number of piperidine rings is 1. The van der Waals surface area contributed by atoms with E-state index < -0.39 is 10.0 Å². The van der Waals surface area contributed by atoms with Crippen LogP contribution >= 0.6 is 0 Å². The molecule has 0 spiro atoms. The number of hydrogen-bond acceptors (Lipinski definition) is 4. The minimum absolute atomic E-state index is 0.0372. The summed E-state index contributed by atoms with van der Waals surface area (Å²) in [5.74, 6) is 0. The van der Waals surface area contributed by atoms with Gasteiger partial charge >= 0.3 is 0 Å². The Bertz CT molecular complexity index is 599. The van der Waals surface area contributed by atoms with E-state index in [9.17, 15) is 8.42 Å². The Balaban J connectivity index is 2.43. The van der Waals surface area contributed by atoms with Crippen LogP contribution in [-0.2, 0) is 14.8 Å². The van der Waals surface area contributed by atoms with Crippen molar-refractivity contribution in [1.29, 1.82) is 0 Å². The van der Waals surface area contributed by atoms with Crippen LogP contribution in [-0.4, -0.2) is 39.0 Å². The first-order valence-electron chi connectivity index (χ1n) is 6.76. The SMILES string of the molecule is COC1CCCN(S(=O)(=O)c2c(C)ccc(C)c2N)C1. The number of ether oxygens (including phenoxy) is 1. The molecule has 1 aliphatic heterocycles. The molecule has 0 bridgehead atoms. The Kier molecular flexibility index (Phi) is 4.36. The Hall–Kier alpha value is -1.11. The molecule has 20 heavy (non-hydrogen) atoms. The molecule has 0 radical (unpaired) electrons. The van der Waals surface area contributed by atoms with Gasteiger partial charge in [-0.3, -0.25) is 0 Å². The van der Waals surface area contributed by atoms with E-state index in [1.807, 2.05) is 13.0 Å². The molecule has 1 fully saturated rings. The lowest BCUT2D eigenvalue weighted by Crippen LogP contribution is -2.43. The van der Waals surface area contributed by atoms with E-state index in [-0.39, 0.29) is 11.0 Å². The molecule has 5 nitrogen and oxygen atoms in total. The molecule has 1 saturated heterocycles. The van der Waals surface area contributed by atoms with Crippen LogP contribution in [0.25, 0.3) is 0 Å². The fraction of sp³-hybridized carbons (Fsp3) is 0.571. The second kappa shape index (κ2) is 5.71. The summed E-state index contributed by atoms with van der Waals surface area (Å²) in [7, 11) is -1.94. The van der Waals surface area contributed by atoms with Gasteiger partial charge in [0.2, 0.25) is 10.0 Å². The smallest absolute Gasteiger partial charge is 0.245 e. The minimum atomic E-state index is -3.56. The highest BCUT2D eigenvalue weighted by Gasteiger charge is 2.32. The second-order valence-electron chi connectivity index (χ2n) is 5.31. The van der Waals surface area contributed by atoms with Gasteiger partial charge < -0.3 is 10.5 Å². The Morgan fingerprint density at radius 2 is 1.95 bits per heavy atom. The van der Waals surface area contributed by atoms with Gasteiger partial charge in [0, 0.05) is 20.2 Å². The summed E-state index contributed by atoms with van der Waals surface area (Å²) in [6, 6.07) is 3.65. The number of rotatable bonds is 3. The highest BCUT2D eigenvalue weighted by molar-refractivity contribution is 7.89. The lowest BCUT2D eigenvalue weighted by atomic mass is 10.1. The number of nitrogens with zero attached hydrogens (tertiary/aromatic N) is 1. The van der Waals surface area contributed by atoms with E-state index >= 15 is 0 Å². The molecule has 1 atom stereocenters. The predicted octanol–water partition coefficient (Wildman–Crippen LogP) is 1.69. The van der Waals surface area contributed by atoms with Gasteiger partial charge in [0.15, 0.2) is 0 Å². The standard InChI is InChI=1S/C14H22N2O3S/c1-10-6-7-11(2)14(13(10)15)20(17,18)16-8-4-5-12(9-16)19-3/h6-7,12H,4-5,8-9,15H2,1-3H3. The zero-order valence-corrected chi connectivity index (χ0v) is 13.0. The van der Waals surface area contributed by atoms with Gasteiger partial charge in [0.1, 0.15) is 4.90 Å². The number of aryl methyl sites for hydroxylation is 2. The van der Waals surface area contributed by atoms with Crippen LogP contribution in [0, 0.1) is 13.8 Å². The molecule has 0 amide bonds. The van der Waals surface area contributed by atoms with Crippen molar-refractivity contribution >= 4 is 15.7 Å². The quantitative estimate of drug-likeness (QED) is 0.862. The second-order valence-corrected chi connectivity index (χ2v) is 7.18. The maximum Gasteiger partial charge on any atom is 0.245 e. The third-order valence-corrected chi connectivity index (χ3v) is 5.95. The van der Waals surface area contributed by atoms with E-state index in [1.165, 1.54) is 4.31 Å². The molecular formula is C14H22N2O3S. The number of benzene rings is 1. The average Bonchev–Trinajstić information content (AvgIpc) is 2.43. The highest BCUT2D eigenvalue weighted by atomic mass is 32.2. The zero-order chi connectivity index (χ0) is 14.9. The molecule has 1 aliphatic rings. The van der Waals surface area contributed by atoms with Gasteiger partial charge in [-0.25, -0.2) is 8.42 Å². The Labute approximate surface area is 120 Å². The molecule has 1 unspecified atom stereocenters. The van der Waals surface area contributed by atoms with Gasteiger partial charge in [-0.15, -0.1) is 0 Å². The molecule has 6 heteroatoms. The lowest BCUT2D eigenvalue weighted by Gasteiger charge is -2.31. The third kappa shape index (κ3) is 2.68. The first-order valence-corrected chi connectivity index (χ1v) is 8.20. The van der Waals surface area contributed by atoms with Crippen LogP contribution in [0.4, 0.5) is 5.69 Å². The van der Waals surface area contributed by atoms with Gasteiger partial charge in [0.25, 0.3) is 0 Å². The fourth-order valence-electron chi connectivity index (χ4n) is 2.59. The molecule has 2 rings (SSSR count). The van der Waals surface area contributed by atoms with Crippen molar-refractivity contribution in [2.24, 2.45) is 0 Å². The average molecular weight is 298 g/mol.